The van der Waals surface area contributed by atoms with Crippen LogP contribution >= 0.6 is 0 Å². The molecule has 1 fully saturated rings. The third-order valence-corrected chi connectivity index (χ3v) is 5.45. The van der Waals surface area contributed by atoms with Crippen molar-refractivity contribution in [3.8, 4) is 0 Å². The summed E-state index contributed by atoms with van der Waals surface area (Å²) in [6.45, 7) is 8.97. The molecule has 0 saturated heterocycles. The Morgan fingerprint density at radius 2 is 1.90 bits per heavy atom. The van der Waals surface area contributed by atoms with Crippen molar-refractivity contribution in [1.82, 2.24) is 15.3 Å². The lowest BCUT2D eigenvalue weighted by Gasteiger charge is -2.31. The molecular weight excluding hydrogens is 258 g/mol. The molecule has 116 valence electrons. The molecule has 0 atom stereocenters. The number of aryl methyl sites for hydroxylation is 1. The summed E-state index contributed by atoms with van der Waals surface area (Å²) in [6, 6.07) is 0. The Bertz CT molecular complexity index is 470. The highest BCUT2D eigenvalue weighted by atomic mass is 15.0. The fraction of sp³-hybridized carbons (Fsp3) is 0.778. The number of rotatable bonds is 3. The van der Waals surface area contributed by atoms with Crippen molar-refractivity contribution in [1.29, 1.82) is 0 Å². The highest BCUT2D eigenvalue weighted by molar-refractivity contribution is 5.29. The first-order valence-corrected chi connectivity index (χ1v) is 8.78. The van der Waals surface area contributed by atoms with E-state index in [9.17, 15) is 0 Å². The predicted molar refractivity (Wildman–Crippen MR) is 86.4 cm³/mol. The lowest BCUT2D eigenvalue weighted by Crippen LogP contribution is -2.28. The van der Waals surface area contributed by atoms with E-state index in [0.29, 0.717) is 5.92 Å². The van der Waals surface area contributed by atoms with Gasteiger partial charge >= 0.3 is 0 Å². The molecule has 3 rings (SSSR count). The molecule has 3 nitrogen and oxygen atoms in total. The van der Waals surface area contributed by atoms with E-state index in [1.807, 2.05) is 0 Å². The third-order valence-electron chi connectivity index (χ3n) is 5.45. The average molecular weight is 287 g/mol. The van der Waals surface area contributed by atoms with E-state index in [1.165, 1.54) is 42.6 Å². The smallest absolute Gasteiger partial charge is 0.131 e. The SMILES string of the molecule is CCc1nc(C2CCC(C(C)C)CC2)nc2c1CNCC2. The average Bonchev–Trinajstić information content (AvgIpc) is 2.53. The van der Waals surface area contributed by atoms with Gasteiger partial charge in [-0.25, -0.2) is 9.97 Å². The second-order valence-corrected chi connectivity index (χ2v) is 7.09. The van der Waals surface area contributed by atoms with Crippen LogP contribution in [0.4, 0.5) is 0 Å². The number of aromatic nitrogens is 2. The van der Waals surface area contributed by atoms with Gasteiger partial charge in [0.15, 0.2) is 0 Å². The Morgan fingerprint density at radius 1 is 1.14 bits per heavy atom. The summed E-state index contributed by atoms with van der Waals surface area (Å²) in [4.78, 5) is 9.91. The Kier molecular flexibility index (Phi) is 4.58. The van der Waals surface area contributed by atoms with Crippen molar-refractivity contribution in [3.63, 3.8) is 0 Å². The van der Waals surface area contributed by atoms with E-state index in [1.54, 1.807) is 0 Å². The first-order chi connectivity index (χ1) is 10.2. The Morgan fingerprint density at radius 3 is 2.57 bits per heavy atom. The second-order valence-electron chi connectivity index (χ2n) is 7.09. The molecule has 1 saturated carbocycles. The maximum atomic E-state index is 4.96. The van der Waals surface area contributed by atoms with Gasteiger partial charge in [0.05, 0.1) is 5.69 Å². The van der Waals surface area contributed by atoms with E-state index >= 15 is 0 Å². The third kappa shape index (κ3) is 3.13. The van der Waals surface area contributed by atoms with Gasteiger partial charge in [-0.3, -0.25) is 0 Å². The zero-order chi connectivity index (χ0) is 14.8. The Balaban J connectivity index is 1.80. The van der Waals surface area contributed by atoms with Gasteiger partial charge in [0.2, 0.25) is 0 Å². The highest BCUT2D eigenvalue weighted by Gasteiger charge is 2.27. The molecule has 1 N–H and O–H groups in total. The minimum absolute atomic E-state index is 0.602. The van der Waals surface area contributed by atoms with Gasteiger partial charge in [-0.2, -0.15) is 0 Å². The molecule has 0 radical (unpaired) electrons. The number of hydrogen-bond acceptors (Lipinski definition) is 3. The van der Waals surface area contributed by atoms with Crippen LogP contribution < -0.4 is 5.32 Å². The first-order valence-electron chi connectivity index (χ1n) is 8.78. The van der Waals surface area contributed by atoms with Crippen LogP contribution in [-0.4, -0.2) is 16.5 Å². The molecular formula is C18H29N3. The van der Waals surface area contributed by atoms with Crippen molar-refractivity contribution < 1.29 is 0 Å². The molecule has 1 aliphatic heterocycles. The molecule has 1 aromatic rings. The molecule has 0 amide bonds. The first kappa shape index (κ1) is 15.0. The summed E-state index contributed by atoms with van der Waals surface area (Å²) in [5.74, 6) is 3.49. The summed E-state index contributed by atoms with van der Waals surface area (Å²) in [5, 5.41) is 3.45. The van der Waals surface area contributed by atoms with Crippen molar-refractivity contribution in [2.45, 2.75) is 71.8 Å². The molecule has 3 heteroatoms. The minimum Gasteiger partial charge on any atom is -0.312 e. The van der Waals surface area contributed by atoms with Crippen molar-refractivity contribution >= 4 is 0 Å². The molecule has 0 bridgehead atoms. The monoisotopic (exact) mass is 287 g/mol. The van der Waals surface area contributed by atoms with Gasteiger partial charge in [0, 0.05) is 36.7 Å². The second kappa shape index (κ2) is 6.43. The molecule has 21 heavy (non-hydrogen) atoms. The van der Waals surface area contributed by atoms with Crippen LogP contribution in [0.1, 0.15) is 75.1 Å². The highest BCUT2D eigenvalue weighted by Crippen LogP contribution is 2.37. The van der Waals surface area contributed by atoms with E-state index in [4.69, 9.17) is 9.97 Å². The van der Waals surface area contributed by atoms with E-state index < -0.39 is 0 Å². The Labute approximate surface area is 129 Å². The van der Waals surface area contributed by atoms with Crippen molar-refractivity contribution in [2.75, 3.05) is 6.54 Å². The van der Waals surface area contributed by atoms with Gasteiger partial charge < -0.3 is 5.32 Å². The van der Waals surface area contributed by atoms with Gasteiger partial charge in [0.1, 0.15) is 5.82 Å². The predicted octanol–water partition coefficient (Wildman–Crippen LogP) is 3.61. The normalized spacial score (nSPS) is 25.9. The van der Waals surface area contributed by atoms with Gasteiger partial charge in [0.25, 0.3) is 0 Å². The zero-order valence-electron chi connectivity index (χ0n) is 13.8. The summed E-state index contributed by atoms with van der Waals surface area (Å²) in [7, 11) is 0. The largest absolute Gasteiger partial charge is 0.312 e. The fourth-order valence-electron chi connectivity index (χ4n) is 3.95. The minimum atomic E-state index is 0.602. The van der Waals surface area contributed by atoms with E-state index in [-0.39, 0.29) is 0 Å². The van der Waals surface area contributed by atoms with Crippen LogP contribution in [0.5, 0.6) is 0 Å². The molecule has 1 aromatic heterocycles. The van der Waals surface area contributed by atoms with Crippen LogP contribution in [0.2, 0.25) is 0 Å². The maximum absolute atomic E-state index is 4.96. The van der Waals surface area contributed by atoms with Crippen LogP contribution in [0.25, 0.3) is 0 Å². The summed E-state index contributed by atoms with van der Waals surface area (Å²) in [6.07, 6.45) is 7.36. The van der Waals surface area contributed by atoms with E-state index in [0.717, 1.165) is 43.6 Å². The number of fused-ring (bicyclic) bond motifs is 1. The van der Waals surface area contributed by atoms with Crippen LogP contribution in [0.3, 0.4) is 0 Å². The molecule has 1 aliphatic carbocycles. The Hall–Kier alpha value is -0.960. The zero-order valence-corrected chi connectivity index (χ0v) is 13.8. The van der Waals surface area contributed by atoms with Gasteiger partial charge in [-0.15, -0.1) is 0 Å². The molecule has 0 unspecified atom stereocenters. The van der Waals surface area contributed by atoms with Gasteiger partial charge in [-0.1, -0.05) is 20.8 Å². The van der Waals surface area contributed by atoms with Crippen molar-refractivity contribution in [3.05, 3.63) is 22.8 Å². The molecule has 0 aromatic carbocycles. The lowest BCUT2D eigenvalue weighted by molar-refractivity contribution is 0.254. The summed E-state index contributed by atoms with van der Waals surface area (Å²) in [5.41, 5.74) is 3.98. The van der Waals surface area contributed by atoms with Crippen LogP contribution in [0.15, 0.2) is 0 Å². The number of nitrogens with zero attached hydrogens (tertiary/aromatic N) is 2. The fourth-order valence-corrected chi connectivity index (χ4v) is 3.95. The van der Waals surface area contributed by atoms with Crippen molar-refractivity contribution in [2.24, 2.45) is 11.8 Å². The van der Waals surface area contributed by atoms with Crippen LogP contribution in [0, 0.1) is 11.8 Å². The lowest BCUT2D eigenvalue weighted by atomic mass is 9.76. The van der Waals surface area contributed by atoms with Gasteiger partial charge in [-0.05, 0) is 43.9 Å². The molecule has 2 aliphatic rings. The number of hydrogen-bond donors (Lipinski definition) is 1. The van der Waals surface area contributed by atoms with Crippen LogP contribution in [-0.2, 0) is 19.4 Å². The summed E-state index contributed by atoms with van der Waals surface area (Å²) < 4.78 is 0. The molecule has 2 heterocycles. The van der Waals surface area contributed by atoms with E-state index in [2.05, 4.69) is 26.1 Å². The maximum Gasteiger partial charge on any atom is 0.131 e. The summed E-state index contributed by atoms with van der Waals surface area (Å²) >= 11 is 0. The number of nitrogens with one attached hydrogen (secondary N) is 1. The molecule has 0 spiro atoms. The topological polar surface area (TPSA) is 37.8 Å². The quantitative estimate of drug-likeness (QED) is 0.922. The standard InChI is InChI=1S/C18H29N3/c1-4-16-15-11-19-10-9-17(15)21-18(20-16)14-7-5-13(6-8-14)12(2)3/h12-14,19H,4-11H2,1-3H3.